The Morgan fingerprint density at radius 1 is 0.382 bits per heavy atom. The molecule has 12 rings (SSSR count). The molecule has 4 heterocycles. The van der Waals surface area contributed by atoms with Gasteiger partial charge in [-0.1, -0.05) is 84.9 Å². The van der Waals surface area contributed by atoms with Gasteiger partial charge in [0.25, 0.3) is 0 Å². The van der Waals surface area contributed by atoms with Gasteiger partial charge in [-0.05, 0) is 96.1 Å². The minimum absolute atomic E-state index is 0.862. The molecule has 0 saturated heterocycles. The van der Waals surface area contributed by atoms with Gasteiger partial charge >= 0.3 is 0 Å². The molecular weight excluding hydrogens is 729 g/mol. The fourth-order valence-corrected chi connectivity index (χ4v) is 11.2. The van der Waals surface area contributed by atoms with Crippen LogP contribution >= 0.6 is 34.0 Å². The maximum atomic E-state index is 6.49. The average Bonchev–Trinajstić information content (AvgIpc) is 4.02. The molecule has 3 nitrogen and oxygen atoms in total. The number of fused-ring (bicyclic) bond motifs is 11. The largest absolute Gasteiger partial charge is 0.456 e. The van der Waals surface area contributed by atoms with Gasteiger partial charge < -0.3 is 9.32 Å². The quantitative estimate of drug-likeness (QED) is 0.175. The van der Waals surface area contributed by atoms with E-state index in [-0.39, 0.29) is 0 Å². The second kappa shape index (κ2) is 12.1. The molecule has 55 heavy (non-hydrogen) atoms. The predicted octanol–water partition coefficient (Wildman–Crippen LogP) is 15.7. The molecule has 6 heteroatoms. The van der Waals surface area contributed by atoms with Crippen molar-refractivity contribution in [3.8, 4) is 21.7 Å². The van der Waals surface area contributed by atoms with Crippen LogP contribution in [0.5, 0.6) is 0 Å². The highest BCUT2D eigenvalue weighted by molar-refractivity contribution is 7.26. The molecule has 0 aliphatic heterocycles. The number of thiophene rings is 2. The number of aromatic nitrogens is 1. The Kier molecular flexibility index (Phi) is 6.84. The molecule has 0 atom stereocenters. The predicted molar refractivity (Wildman–Crippen MR) is 238 cm³/mol. The molecule has 0 fully saturated rings. The second-order valence-corrected chi connectivity index (χ2v) is 17.1. The van der Waals surface area contributed by atoms with Gasteiger partial charge in [0.1, 0.15) is 16.2 Å². The molecule has 0 N–H and O–H groups in total. The van der Waals surface area contributed by atoms with E-state index in [4.69, 9.17) is 9.40 Å². The van der Waals surface area contributed by atoms with E-state index in [1.165, 1.54) is 40.3 Å². The van der Waals surface area contributed by atoms with Gasteiger partial charge in [0, 0.05) is 68.4 Å². The Balaban J connectivity index is 0.966. The van der Waals surface area contributed by atoms with Crippen LogP contribution in [0.15, 0.2) is 174 Å². The van der Waals surface area contributed by atoms with E-state index >= 15 is 0 Å². The van der Waals surface area contributed by atoms with Gasteiger partial charge in [0.2, 0.25) is 0 Å². The monoisotopic (exact) mass is 756 g/mol. The number of hydrogen-bond donors (Lipinski definition) is 0. The number of hydrogen-bond acceptors (Lipinski definition) is 6. The summed E-state index contributed by atoms with van der Waals surface area (Å²) in [5.41, 5.74) is 9.48. The summed E-state index contributed by atoms with van der Waals surface area (Å²) in [6.45, 7) is 0. The highest BCUT2D eigenvalue weighted by atomic mass is 32.1. The smallest absolute Gasteiger partial charge is 0.137 e. The van der Waals surface area contributed by atoms with Crippen LogP contribution in [-0.2, 0) is 0 Å². The number of furan rings is 1. The van der Waals surface area contributed by atoms with Crippen molar-refractivity contribution in [1.82, 2.24) is 4.98 Å². The van der Waals surface area contributed by atoms with Crippen LogP contribution in [-0.4, -0.2) is 4.98 Å². The Bertz CT molecular complexity index is 3330. The number of anilines is 3. The summed E-state index contributed by atoms with van der Waals surface area (Å²) < 4.78 is 12.9. The summed E-state index contributed by atoms with van der Waals surface area (Å²) in [4.78, 5) is 7.50. The van der Waals surface area contributed by atoms with E-state index in [1.807, 2.05) is 28.7 Å². The zero-order valence-electron chi connectivity index (χ0n) is 29.2. The summed E-state index contributed by atoms with van der Waals surface area (Å²) in [5, 5.41) is 8.35. The van der Waals surface area contributed by atoms with E-state index in [0.717, 1.165) is 70.9 Å². The van der Waals surface area contributed by atoms with Gasteiger partial charge in [-0.2, -0.15) is 0 Å². The molecule has 0 radical (unpaired) electrons. The number of thiazole rings is 1. The van der Waals surface area contributed by atoms with Gasteiger partial charge in [-0.15, -0.1) is 34.0 Å². The zero-order chi connectivity index (χ0) is 36.0. The summed E-state index contributed by atoms with van der Waals surface area (Å²) in [7, 11) is 0. The lowest BCUT2D eigenvalue weighted by molar-refractivity contribution is 0.669. The topological polar surface area (TPSA) is 29.3 Å². The van der Waals surface area contributed by atoms with Crippen LogP contribution in [0.1, 0.15) is 0 Å². The van der Waals surface area contributed by atoms with Crippen LogP contribution in [0, 0.1) is 0 Å². The minimum atomic E-state index is 0.862. The van der Waals surface area contributed by atoms with E-state index in [0.29, 0.717) is 0 Å². The molecule has 0 aliphatic rings. The standard InChI is InChI=1S/C49H28N2OS3/c1-2-8-30(9-3-1)49-50-48-46(55-49)25-22-40-47(48)37-21-16-31(26-41(37)52-40)29-14-17-32(18-15-29)51(33-19-23-44-38(27-33)35-10-4-6-12-42(35)53-44)34-20-24-45-39(28-34)36-11-5-7-13-43(36)54-45/h1-28H. The second-order valence-electron chi connectivity index (χ2n) is 13.9. The Labute approximate surface area is 327 Å². The van der Waals surface area contributed by atoms with Crippen molar-refractivity contribution in [3.63, 3.8) is 0 Å². The SMILES string of the molecule is c1ccc(-c2nc3c(ccc4oc5cc(-c6ccc(N(c7ccc8sc9ccccc9c8c7)c7ccc8sc9ccccc9c8c7)cc6)ccc5c43)s2)cc1. The van der Waals surface area contributed by atoms with Crippen LogP contribution < -0.4 is 4.90 Å². The summed E-state index contributed by atoms with van der Waals surface area (Å²) >= 11 is 5.43. The normalized spacial score (nSPS) is 12.0. The molecule has 0 saturated carbocycles. The van der Waals surface area contributed by atoms with E-state index in [2.05, 4.69) is 169 Å². The van der Waals surface area contributed by atoms with Crippen molar-refractivity contribution in [2.24, 2.45) is 0 Å². The van der Waals surface area contributed by atoms with Crippen LogP contribution in [0.25, 0.3) is 94.2 Å². The van der Waals surface area contributed by atoms with Crippen molar-refractivity contribution in [3.05, 3.63) is 170 Å². The third-order valence-electron chi connectivity index (χ3n) is 10.7. The zero-order valence-corrected chi connectivity index (χ0v) is 31.6. The maximum Gasteiger partial charge on any atom is 0.137 e. The summed E-state index contributed by atoms with van der Waals surface area (Å²) in [6.07, 6.45) is 0. The van der Waals surface area contributed by atoms with Crippen molar-refractivity contribution in [2.75, 3.05) is 4.90 Å². The molecule has 0 unspecified atom stereocenters. The first-order valence-electron chi connectivity index (χ1n) is 18.3. The summed E-state index contributed by atoms with van der Waals surface area (Å²) in [5.74, 6) is 0. The third-order valence-corrected chi connectivity index (χ3v) is 14.1. The molecule has 0 spiro atoms. The molecule has 0 amide bonds. The molecule has 8 aromatic carbocycles. The fourth-order valence-electron chi connectivity index (χ4n) is 8.09. The Morgan fingerprint density at radius 2 is 0.964 bits per heavy atom. The van der Waals surface area contributed by atoms with E-state index in [9.17, 15) is 0 Å². The van der Waals surface area contributed by atoms with Gasteiger partial charge in [0.15, 0.2) is 0 Å². The van der Waals surface area contributed by atoms with Gasteiger partial charge in [-0.25, -0.2) is 4.98 Å². The van der Waals surface area contributed by atoms with E-state index < -0.39 is 0 Å². The van der Waals surface area contributed by atoms with Crippen LogP contribution in [0.4, 0.5) is 17.1 Å². The fraction of sp³-hybridized carbons (Fsp3) is 0. The van der Waals surface area contributed by atoms with Crippen molar-refractivity contribution >= 4 is 124 Å². The molecule has 0 aliphatic carbocycles. The first-order valence-corrected chi connectivity index (χ1v) is 20.7. The Morgan fingerprint density at radius 3 is 1.65 bits per heavy atom. The average molecular weight is 757 g/mol. The third kappa shape index (κ3) is 4.96. The minimum Gasteiger partial charge on any atom is -0.456 e. The van der Waals surface area contributed by atoms with Gasteiger partial charge in [0.05, 0.1) is 15.6 Å². The van der Waals surface area contributed by atoms with Crippen molar-refractivity contribution in [2.45, 2.75) is 0 Å². The number of benzene rings is 8. The molecule has 12 aromatic rings. The highest BCUT2D eigenvalue weighted by Gasteiger charge is 2.19. The van der Waals surface area contributed by atoms with Crippen molar-refractivity contribution in [1.29, 1.82) is 0 Å². The van der Waals surface area contributed by atoms with Crippen molar-refractivity contribution < 1.29 is 4.42 Å². The van der Waals surface area contributed by atoms with E-state index in [1.54, 1.807) is 11.3 Å². The van der Waals surface area contributed by atoms with Crippen LogP contribution in [0.2, 0.25) is 0 Å². The lowest BCUT2D eigenvalue weighted by atomic mass is 10.0. The lowest BCUT2D eigenvalue weighted by Crippen LogP contribution is -2.09. The Hall–Kier alpha value is -6.31. The number of nitrogens with zero attached hydrogens (tertiary/aromatic N) is 2. The molecule has 4 aromatic heterocycles. The first kappa shape index (κ1) is 31.1. The van der Waals surface area contributed by atoms with Gasteiger partial charge in [-0.3, -0.25) is 0 Å². The van der Waals surface area contributed by atoms with Crippen LogP contribution in [0.3, 0.4) is 0 Å². The molecule has 258 valence electrons. The molecular formula is C49H28N2OS3. The number of rotatable bonds is 5. The lowest BCUT2D eigenvalue weighted by Gasteiger charge is -2.26. The summed E-state index contributed by atoms with van der Waals surface area (Å²) in [6, 6.07) is 61.4. The first-order chi connectivity index (χ1) is 27.2. The maximum absolute atomic E-state index is 6.49. The highest BCUT2D eigenvalue weighted by Crippen LogP contribution is 2.44. The molecule has 0 bridgehead atoms.